The molecule has 1 aromatic rings. The molecule has 0 unspecified atom stereocenters. The molecule has 1 aliphatic heterocycles. The number of aryl methyl sites for hydroxylation is 1. The summed E-state index contributed by atoms with van der Waals surface area (Å²) in [6.45, 7) is 9.18. The Morgan fingerprint density at radius 1 is 1.38 bits per heavy atom. The van der Waals surface area contributed by atoms with Crippen molar-refractivity contribution in [3.05, 3.63) is 18.0 Å². The lowest BCUT2D eigenvalue weighted by molar-refractivity contribution is 0.0389. The van der Waals surface area contributed by atoms with E-state index in [0.717, 1.165) is 57.6 Å². The van der Waals surface area contributed by atoms with Crippen LogP contribution in [0.15, 0.2) is 17.3 Å². The second-order valence-corrected chi connectivity index (χ2v) is 5.02. The molecule has 21 heavy (non-hydrogen) atoms. The SMILES string of the molecule is CCNC(=NCc1ccnn1C)NCCN1CCOCC1. The Kier molecular flexibility index (Phi) is 6.49. The van der Waals surface area contributed by atoms with E-state index in [0.29, 0.717) is 6.54 Å². The standard InChI is InChI=1S/C14H26N6O/c1-3-15-14(17-12-13-4-5-18-19(13)2)16-6-7-20-8-10-21-11-9-20/h4-5H,3,6-12H2,1-2H3,(H2,15,16,17). The number of hydrogen-bond acceptors (Lipinski definition) is 4. The van der Waals surface area contributed by atoms with Gasteiger partial charge in [-0.2, -0.15) is 5.10 Å². The van der Waals surface area contributed by atoms with Crippen LogP contribution in [0, 0.1) is 0 Å². The molecule has 0 amide bonds. The molecule has 2 rings (SSSR count). The van der Waals surface area contributed by atoms with Crippen molar-refractivity contribution in [1.29, 1.82) is 0 Å². The summed E-state index contributed by atoms with van der Waals surface area (Å²) in [6.07, 6.45) is 1.80. The van der Waals surface area contributed by atoms with Gasteiger partial charge in [0.25, 0.3) is 0 Å². The van der Waals surface area contributed by atoms with Crippen LogP contribution in [0.2, 0.25) is 0 Å². The van der Waals surface area contributed by atoms with Gasteiger partial charge in [0.15, 0.2) is 5.96 Å². The molecule has 0 atom stereocenters. The van der Waals surface area contributed by atoms with Gasteiger partial charge in [-0.3, -0.25) is 9.58 Å². The Balaban J connectivity index is 1.76. The highest BCUT2D eigenvalue weighted by atomic mass is 16.5. The van der Waals surface area contributed by atoms with Crippen LogP contribution in [-0.4, -0.2) is 66.6 Å². The maximum absolute atomic E-state index is 5.35. The Labute approximate surface area is 126 Å². The summed E-state index contributed by atoms with van der Waals surface area (Å²) in [7, 11) is 1.93. The van der Waals surface area contributed by atoms with E-state index >= 15 is 0 Å². The van der Waals surface area contributed by atoms with Crippen LogP contribution in [0.3, 0.4) is 0 Å². The molecule has 7 heteroatoms. The molecule has 0 aliphatic carbocycles. The molecule has 1 aromatic heterocycles. The molecule has 1 fully saturated rings. The first-order valence-electron chi connectivity index (χ1n) is 7.58. The molecule has 0 radical (unpaired) electrons. The molecule has 1 aliphatic rings. The van der Waals surface area contributed by atoms with Crippen LogP contribution in [-0.2, 0) is 18.3 Å². The van der Waals surface area contributed by atoms with Crippen LogP contribution in [0.1, 0.15) is 12.6 Å². The van der Waals surface area contributed by atoms with E-state index in [9.17, 15) is 0 Å². The van der Waals surface area contributed by atoms with Crippen molar-refractivity contribution in [3.8, 4) is 0 Å². The topological polar surface area (TPSA) is 66.7 Å². The zero-order valence-electron chi connectivity index (χ0n) is 13.0. The van der Waals surface area contributed by atoms with Gasteiger partial charge in [0.05, 0.1) is 25.5 Å². The molecule has 0 bridgehead atoms. The van der Waals surface area contributed by atoms with Gasteiger partial charge >= 0.3 is 0 Å². The summed E-state index contributed by atoms with van der Waals surface area (Å²) >= 11 is 0. The van der Waals surface area contributed by atoms with E-state index in [-0.39, 0.29) is 0 Å². The third-order valence-corrected chi connectivity index (χ3v) is 3.49. The Bertz CT molecular complexity index is 438. The fourth-order valence-electron chi connectivity index (χ4n) is 2.22. The zero-order valence-corrected chi connectivity index (χ0v) is 13.0. The highest BCUT2D eigenvalue weighted by Crippen LogP contribution is 1.98. The lowest BCUT2D eigenvalue weighted by Crippen LogP contribution is -2.44. The van der Waals surface area contributed by atoms with Gasteiger partial charge in [0.2, 0.25) is 0 Å². The summed E-state index contributed by atoms with van der Waals surface area (Å²) in [6, 6.07) is 1.99. The van der Waals surface area contributed by atoms with Gasteiger partial charge in [-0.25, -0.2) is 4.99 Å². The normalized spacial score (nSPS) is 17.0. The minimum Gasteiger partial charge on any atom is -0.379 e. The van der Waals surface area contributed by atoms with Gasteiger partial charge in [0.1, 0.15) is 0 Å². The smallest absolute Gasteiger partial charge is 0.191 e. The number of hydrogen-bond donors (Lipinski definition) is 2. The number of nitrogens with zero attached hydrogens (tertiary/aromatic N) is 4. The number of aliphatic imine (C=N–C) groups is 1. The predicted molar refractivity (Wildman–Crippen MR) is 83.3 cm³/mol. The van der Waals surface area contributed by atoms with Gasteiger partial charge < -0.3 is 15.4 Å². The molecule has 0 spiro atoms. The van der Waals surface area contributed by atoms with E-state index in [1.165, 1.54) is 0 Å². The quantitative estimate of drug-likeness (QED) is 0.562. The molecule has 7 nitrogen and oxygen atoms in total. The molecular weight excluding hydrogens is 268 g/mol. The third kappa shape index (κ3) is 5.35. The average molecular weight is 294 g/mol. The van der Waals surface area contributed by atoms with E-state index in [4.69, 9.17) is 4.74 Å². The Morgan fingerprint density at radius 3 is 2.86 bits per heavy atom. The second kappa shape index (κ2) is 8.63. The molecule has 1 saturated heterocycles. The maximum Gasteiger partial charge on any atom is 0.191 e. The van der Waals surface area contributed by atoms with Gasteiger partial charge in [0, 0.05) is 46.0 Å². The lowest BCUT2D eigenvalue weighted by atomic mass is 10.4. The highest BCUT2D eigenvalue weighted by Gasteiger charge is 2.09. The van der Waals surface area contributed by atoms with Crippen molar-refractivity contribution in [3.63, 3.8) is 0 Å². The fraction of sp³-hybridized carbons (Fsp3) is 0.714. The number of aromatic nitrogens is 2. The highest BCUT2D eigenvalue weighted by molar-refractivity contribution is 5.79. The molecular formula is C14H26N6O. The summed E-state index contributed by atoms with van der Waals surface area (Å²) in [5, 5.41) is 10.8. The van der Waals surface area contributed by atoms with Crippen molar-refractivity contribution >= 4 is 5.96 Å². The zero-order chi connectivity index (χ0) is 14.9. The molecule has 2 N–H and O–H groups in total. The summed E-state index contributed by atoms with van der Waals surface area (Å²) in [4.78, 5) is 6.99. The van der Waals surface area contributed by atoms with E-state index in [1.54, 1.807) is 6.20 Å². The first kappa shape index (κ1) is 15.8. The molecule has 0 saturated carbocycles. The minimum absolute atomic E-state index is 0.628. The molecule has 0 aromatic carbocycles. The van der Waals surface area contributed by atoms with Crippen molar-refractivity contribution in [1.82, 2.24) is 25.3 Å². The number of nitrogens with one attached hydrogen (secondary N) is 2. The van der Waals surface area contributed by atoms with Crippen LogP contribution < -0.4 is 10.6 Å². The van der Waals surface area contributed by atoms with E-state index < -0.39 is 0 Å². The monoisotopic (exact) mass is 294 g/mol. The van der Waals surface area contributed by atoms with Gasteiger partial charge in [-0.15, -0.1) is 0 Å². The molecule has 2 heterocycles. The largest absolute Gasteiger partial charge is 0.379 e. The lowest BCUT2D eigenvalue weighted by Gasteiger charge is -2.26. The number of rotatable bonds is 6. The van der Waals surface area contributed by atoms with Gasteiger partial charge in [-0.1, -0.05) is 0 Å². The first-order valence-corrected chi connectivity index (χ1v) is 7.58. The Hall–Kier alpha value is -1.60. The summed E-state index contributed by atoms with van der Waals surface area (Å²) < 4.78 is 7.20. The van der Waals surface area contributed by atoms with Crippen molar-refractivity contribution in [2.75, 3.05) is 45.9 Å². The fourth-order valence-corrected chi connectivity index (χ4v) is 2.22. The maximum atomic E-state index is 5.35. The number of guanidine groups is 1. The number of ether oxygens (including phenoxy) is 1. The Morgan fingerprint density at radius 2 is 2.19 bits per heavy atom. The summed E-state index contributed by atoms with van der Waals surface area (Å²) in [5.74, 6) is 0.854. The van der Waals surface area contributed by atoms with E-state index in [1.807, 2.05) is 17.8 Å². The second-order valence-electron chi connectivity index (χ2n) is 5.02. The van der Waals surface area contributed by atoms with Crippen LogP contribution >= 0.6 is 0 Å². The van der Waals surface area contributed by atoms with Crippen molar-refractivity contribution in [2.24, 2.45) is 12.0 Å². The summed E-state index contributed by atoms with van der Waals surface area (Å²) in [5.41, 5.74) is 1.10. The average Bonchev–Trinajstić information content (AvgIpc) is 2.91. The third-order valence-electron chi connectivity index (χ3n) is 3.49. The number of morpholine rings is 1. The van der Waals surface area contributed by atoms with E-state index in [2.05, 4.69) is 32.5 Å². The van der Waals surface area contributed by atoms with Crippen molar-refractivity contribution in [2.45, 2.75) is 13.5 Å². The van der Waals surface area contributed by atoms with Crippen molar-refractivity contribution < 1.29 is 4.74 Å². The molecule has 118 valence electrons. The van der Waals surface area contributed by atoms with Crippen LogP contribution in [0.4, 0.5) is 0 Å². The van der Waals surface area contributed by atoms with Crippen LogP contribution in [0.25, 0.3) is 0 Å². The first-order chi connectivity index (χ1) is 10.3. The predicted octanol–water partition coefficient (Wildman–Crippen LogP) is -0.193. The minimum atomic E-state index is 0.628. The van der Waals surface area contributed by atoms with Crippen LogP contribution in [0.5, 0.6) is 0 Å². The van der Waals surface area contributed by atoms with Gasteiger partial charge in [-0.05, 0) is 13.0 Å².